The fourth-order valence-electron chi connectivity index (χ4n) is 2.85. The molecule has 28 heavy (non-hydrogen) atoms. The number of carbonyl (C=O) groups is 5. The van der Waals surface area contributed by atoms with E-state index in [1.165, 1.54) is 0 Å². The molecule has 1 heterocycles. The number of hydrogen-bond donors (Lipinski definition) is 1. The number of carbonyl (C=O) groups excluding carboxylic acids is 5. The van der Waals surface area contributed by atoms with Gasteiger partial charge in [-0.2, -0.15) is 0 Å². The van der Waals surface area contributed by atoms with E-state index >= 15 is 0 Å². The molecule has 1 saturated heterocycles. The molecule has 1 aliphatic heterocycles. The summed E-state index contributed by atoms with van der Waals surface area (Å²) in [6.07, 6.45) is 0. The van der Waals surface area contributed by atoms with Gasteiger partial charge in [0.15, 0.2) is 0 Å². The highest BCUT2D eigenvalue weighted by Crippen LogP contribution is 2.16. The summed E-state index contributed by atoms with van der Waals surface area (Å²) in [7, 11) is 0. The number of imide groups is 2. The van der Waals surface area contributed by atoms with E-state index in [1.54, 1.807) is 43.0 Å². The second-order valence-corrected chi connectivity index (χ2v) is 6.55. The number of hydrogen-bond acceptors (Lipinski definition) is 5. The van der Waals surface area contributed by atoms with Gasteiger partial charge in [0.25, 0.3) is 5.91 Å². The number of nitrogens with one attached hydrogen (secondary N) is 1. The van der Waals surface area contributed by atoms with Crippen LogP contribution < -0.4 is 5.32 Å². The Morgan fingerprint density at radius 1 is 1.00 bits per heavy atom. The van der Waals surface area contributed by atoms with Crippen LogP contribution in [0.1, 0.15) is 38.1 Å². The third-order valence-corrected chi connectivity index (χ3v) is 4.37. The van der Waals surface area contributed by atoms with Crippen LogP contribution in [0.5, 0.6) is 0 Å². The summed E-state index contributed by atoms with van der Waals surface area (Å²) in [6.45, 7) is 7.62. The van der Waals surface area contributed by atoms with Crippen molar-refractivity contribution in [2.75, 3.05) is 25.0 Å². The Balaban J connectivity index is 2.02. The van der Waals surface area contributed by atoms with Crippen LogP contribution in [0.4, 0.5) is 10.5 Å². The number of urea groups is 1. The van der Waals surface area contributed by atoms with Gasteiger partial charge in [0, 0.05) is 30.4 Å². The molecule has 1 N–H and O–H groups in total. The van der Waals surface area contributed by atoms with Crippen molar-refractivity contribution >= 4 is 35.3 Å². The summed E-state index contributed by atoms with van der Waals surface area (Å²) in [5, 5.41) is 2.55. The third kappa shape index (κ3) is 4.19. The molecule has 1 aliphatic rings. The van der Waals surface area contributed by atoms with Crippen molar-refractivity contribution in [3.63, 3.8) is 0 Å². The second kappa shape index (κ2) is 8.64. The SMILES string of the molecule is CCN(CC)C(=O)c1ccc(NC(=O)CN2C(=O)C(=O)N(C(C)C)C2=O)cc1. The first-order valence-electron chi connectivity index (χ1n) is 9.09. The van der Waals surface area contributed by atoms with Crippen molar-refractivity contribution in [3.05, 3.63) is 29.8 Å². The predicted molar refractivity (Wildman–Crippen MR) is 101 cm³/mol. The number of amides is 6. The van der Waals surface area contributed by atoms with Crippen LogP contribution >= 0.6 is 0 Å². The molecule has 2 rings (SSSR count). The lowest BCUT2D eigenvalue weighted by molar-refractivity contribution is -0.144. The lowest BCUT2D eigenvalue weighted by atomic mass is 10.1. The van der Waals surface area contributed by atoms with Gasteiger partial charge in [-0.25, -0.2) is 9.69 Å². The Kier molecular flexibility index (Phi) is 6.50. The lowest BCUT2D eigenvalue weighted by Gasteiger charge is -2.19. The molecule has 0 aliphatic carbocycles. The lowest BCUT2D eigenvalue weighted by Crippen LogP contribution is -2.40. The maximum Gasteiger partial charge on any atom is 0.334 e. The fourth-order valence-corrected chi connectivity index (χ4v) is 2.85. The summed E-state index contributed by atoms with van der Waals surface area (Å²) in [5.41, 5.74) is 0.900. The van der Waals surface area contributed by atoms with Gasteiger partial charge in [0.1, 0.15) is 6.54 Å². The third-order valence-electron chi connectivity index (χ3n) is 4.37. The molecule has 9 nitrogen and oxygen atoms in total. The summed E-state index contributed by atoms with van der Waals surface area (Å²) >= 11 is 0. The topological polar surface area (TPSA) is 107 Å². The maximum absolute atomic E-state index is 12.3. The molecule has 0 radical (unpaired) electrons. The van der Waals surface area contributed by atoms with Crippen molar-refractivity contribution in [3.8, 4) is 0 Å². The quantitative estimate of drug-likeness (QED) is 0.560. The van der Waals surface area contributed by atoms with Gasteiger partial charge in [-0.15, -0.1) is 0 Å². The first-order chi connectivity index (χ1) is 13.2. The van der Waals surface area contributed by atoms with E-state index in [1.807, 2.05) is 13.8 Å². The molecular formula is C19H24N4O5. The number of benzene rings is 1. The molecule has 0 unspecified atom stereocenters. The van der Waals surface area contributed by atoms with Gasteiger partial charge < -0.3 is 10.2 Å². The summed E-state index contributed by atoms with van der Waals surface area (Å²) < 4.78 is 0. The maximum atomic E-state index is 12.3. The zero-order chi connectivity index (χ0) is 21.0. The van der Waals surface area contributed by atoms with Crippen molar-refractivity contribution < 1.29 is 24.0 Å². The molecule has 0 aromatic heterocycles. The number of rotatable bonds is 7. The molecule has 150 valence electrons. The highest BCUT2D eigenvalue weighted by molar-refractivity contribution is 6.45. The normalized spacial score (nSPS) is 14.1. The van der Waals surface area contributed by atoms with E-state index in [0.29, 0.717) is 29.2 Å². The van der Waals surface area contributed by atoms with Gasteiger partial charge in [-0.05, 0) is 52.0 Å². The molecular weight excluding hydrogens is 364 g/mol. The van der Waals surface area contributed by atoms with Crippen LogP contribution in [-0.2, 0) is 14.4 Å². The highest BCUT2D eigenvalue weighted by Gasteiger charge is 2.46. The first-order valence-corrected chi connectivity index (χ1v) is 9.09. The van der Waals surface area contributed by atoms with E-state index in [9.17, 15) is 24.0 Å². The van der Waals surface area contributed by atoms with E-state index in [2.05, 4.69) is 5.32 Å². The van der Waals surface area contributed by atoms with Crippen molar-refractivity contribution in [1.82, 2.24) is 14.7 Å². The average Bonchev–Trinajstić information content (AvgIpc) is 2.86. The van der Waals surface area contributed by atoms with Crippen LogP contribution in [-0.4, -0.2) is 70.0 Å². The zero-order valence-electron chi connectivity index (χ0n) is 16.4. The van der Waals surface area contributed by atoms with E-state index < -0.39 is 36.3 Å². The predicted octanol–water partition coefficient (Wildman–Crippen LogP) is 1.31. The van der Waals surface area contributed by atoms with E-state index in [4.69, 9.17) is 0 Å². The molecule has 1 fully saturated rings. The molecule has 1 aromatic carbocycles. The minimum Gasteiger partial charge on any atom is -0.339 e. The second-order valence-electron chi connectivity index (χ2n) is 6.55. The largest absolute Gasteiger partial charge is 0.339 e. The molecule has 9 heteroatoms. The van der Waals surface area contributed by atoms with Crippen molar-refractivity contribution in [2.45, 2.75) is 33.7 Å². The fraction of sp³-hybridized carbons (Fsp3) is 0.421. The number of anilines is 1. The van der Waals surface area contributed by atoms with E-state index in [-0.39, 0.29) is 5.91 Å². The number of nitrogens with zero attached hydrogens (tertiary/aromatic N) is 3. The Labute approximate surface area is 163 Å². The van der Waals surface area contributed by atoms with Crippen LogP contribution in [0.3, 0.4) is 0 Å². The van der Waals surface area contributed by atoms with Crippen LogP contribution in [0.25, 0.3) is 0 Å². The zero-order valence-corrected chi connectivity index (χ0v) is 16.4. The van der Waals surface area contributed by atoms with Crippen LogP contribution in [0.2, 0.25) is 0 Å². The monoisotopic (exact) mass is 388 g/mol. The van der Waals surface area contributed by atoms with Crippen molar-refractivity contribution in [1.29, 1.82) is 0 Å². The van der Waals surface area contributed by atoms with Gasteiger partial charge in [0.2, 0.25) is 5.91 Å². The average molecular weight is 388 g/mol. The molecule has 0 spiro atoms. The molecule has 0 saturated carbocycles. The smallest absolute Gasteiger partial charge is 0.334 e. The van der Waals surface area contributed by atoms with Gasteiger partial charge in [-0.1, -0.05) is 0 Å². The molecule has 0 atom stereocenters. The Morgan fingerprint density at radius 2 is 1.57 bits per heavy atom. The molecule has 1 aromatic rings. The van der Waals surface area contributed by atoms with Gasteiger partial charge in [0.05, 0.1) is 0 Å². The Morgan fingerprint density at radius 3 is 2.04 bits per heavy atom. The van der Waals surface area contributed by atoms with Crippen LogP contribution in [0.15, 0.2) is 24.3 Å². The van der Waals surface area contributed by atoms with E-state index in [0.717, 1.165) is 4.90 Å². The summed E-state index contributed by atoms with van der Waals surface area (Å²) in [4.78, 5) is 63.6. The van der Waals surface area contributed by atoms with Gasteiger partial charge in [-0.3, -0.25) is 24.1 Å². The first kappa shape index (κ1) is 21.1. The summed E-state index contributed by atoms with van der Waals surface area (Å²) in [5.74, 6) is -2.69. The Bertz CT molecular complexity index is 799. The molecule has 0 bridgehead atoms. The highest BCUT2D eigenvalue weighted by atomic mass is 16.2. The Hall–Kier alpha value is -3.23. The van der Waals surface area contributed by atoms with Gasteiger partial charge >= 0.3 is 17.8 Å². The standard InChI is InChI=1S/C19H24N4O5/c1-5-21(6-2)16(25)13-7-9-14(10-8-13)20-15(24)11-22-17(26)18(27)23(12(3)4)19(22)28/h7-10,12H,5-6,11H2,1-4H3,(H,20,24). The molecule has 6 amide bonds. The minimum absolute atomic E-state index is 0.108. The van der Waals surface area contributed by atoms with Crippen molar-refractivity contribution in [2.24, 2.45) is 0 Å². The summed E-state index contributed by atoms with van der Waals surface area (Å²) in [6, 6.07) is 5.02. The van der Waals surface area contributed by atoms with Crippen LogP contribution in [0, 0.1) is 0 Å². The minimum atomic E-state index is -1.02.